The fraction of sp³-hybridized carbons (Fsp3) is 0.207. The SMILES string of the molecule is Cc1ccc(/C=C/CN2CCc3c(c4cc(F)c(C#N)cc4n3C(=O)NCc3ccnc(Cl)c3)C2)cc1F. The lowest BCUT2D eigenvalue weighted by molar-refractivity contribution is 0.240. The molecule has 1 amide bonds. The summed E-state index contributed by atoms with van der Waals surface area (Å²) in [5, 5.41) is 13.2. The van der Waals surface area contributed by atoms with Gasteiger partial charge in [0.25, 0.3) is 0 Å². The molecule has 1 aliphatic rings. The normalized spacial score (nSPS) is 13.6. The summed E-state index contributed by atoms with van der Waals surface area (Å²) in [5.74, 6) is -0.864. The van der Waals surface area contributed by atoms with E-state index in [1.807, 2.05) is 24.3 Å². The van der Waals surface area contributed by atoms with Gasteiger partial charge in [0.05, 0.1) is 11.1 Å². The first kappa shape index (κ1) is 25.6. The lowest BCUT2D eigenvalue weighted by atomic mass is 10.0. The fourth-order valence-electron chi connectivity index (χ4n) is 4.76. The van der Waals surface area contributed by atoms with Gasteiger partial charge < -0.3 is 5.32 Å². The molecule has 0 saturated heterocycles. The Hall–Kier alpha value is -4.06. The molecule has 0 saturated carbocycles. The van der Waals surface area contributed by atoms with E-state index in [1.165, 1.54) is 18.2 Å². The number of hydrogen-bond acceptors (Lipinski definition) is 4. The molecule has 38 heavy (non-hydrogen) atoms. The third-order valence-electron chi connectivity index (χ3n) is 6.74. The van der Waals surface area contributed by atoms with E-state index < -0.39 is 5.82 Å². The second-order valence-corrected chi connectivity index (χ2v) is 9.65. The standard InChI is InChI=1S/C29H24ClF2N5O/c1-18-4-5-19(11-24(18)31)3-2-9-36-10-7-26-23(17-36)22-14-25(32)21(15-33)13-27(22)37(26)29(38)35-16-20-6-8-34-28(30)12-20/h2-6,8,11-14H,7,9-10,16-17H2,1H3,(H,35,38)/b3-2+. The number of rotatable bonds is 5. The Labute approximate surface area is 223 Å². The molecule has 0 unspecified atom stereocenters. The number of nitrogens with one attached hydrogen (secondary N) is 1. The van der Waals surface area contributed by atoms with Gasteiger partial charge in [-0.3, -0.25) is 9.47 Å². The van der Waals surface area contributed by atoms with Crippen molar-refractivity contribution in [3.8, 4) is 6.07 Å². The number of aromatic nitrogens is 2. The summed E-state index contributed by atoms with van der Waals surface area (Å²) in [5.41, 5.74) is 4.19. The van der Waals surface area contributed by atoms with Crippen molar-refractivity contribution < 1.29 is 13.6 Å². The van der Waals surface area contributed by atoms with Crippen LogP contribution in [0.4, 0.5) is 13.6 Å². The number of nitrogens with zero attached hydrogens (tertiary/aromatic N) is 4. The number of carbonyl (C=O) groups excluding carboxylic acids is 1. The zero-order valence-electron chi connectivity index (χ0n) is 20.6. The molecule has 5 rings (SSSR count). The van der Waals surface area contributed by atoms with Gasteiger partial charge in [0.1, 0.15) is 22.9 Å². The van der Waals surface area contributed by atoms with E-state index >= 15 is 0 Å². The molecular weight excluding hydrogens is 508 g/mol. The highest BCUT2D eigenvalue weighted by atomic mass is 35.5. The maximum absolute atomic E-state index is 14.6. The number of benzene rings is 2. The number of carbonyl (C=O) groups is 1. The predicted octanol–water partition coefficient (Wildman–Crippen LogP) is 5.98. The highest BCUT2D eigenvalue weighted by Gasteiger charge is 2.27. The molecule has 0 fully saturated rings. The Morgan fingerprint density at radius 1 is 1.21 bits per heavy atom. The second kappa shape index (κ2) is 10.7. The van der Waals surface area contributed by atoms with E-state index in [9.17, 15) is 18.8 Å². The summed E-state index contributed by atoms with van der Waals surface area (Å²) in [6, 6.07) is 12.8. The molecule has 6 nitrogen and oxygen atoms in total. The lowest BCUT2D eigenvalue weighted by Gasteiger charge is -2.27. The number of fused-ring (bicyclic) bond motifs is 3. The molecule has 0 bridgehead atoms. The third-order valence-corrected chi connectivity index (χ3v) is 6.95. The van der Waals surface area contributed by atoms with Crippen LogP contribution in [0.1, 0.15) is 33.5 Å². The van der Waals surface area contributed by atoms with Crippen LogP contribution < -0.4 is 5.32 Å². The van der Waals surface area contributed by atoms with Crippen LogP contribution >= 0.6 is 11.6 Å². The molecule has 0 spiro atoms. The number of nitriles is 1. The molecule has 9 heteroatoms. The van der Waals surface area contributed by atoms with Gasteiger partial charge in [-0.2, -0.15) is 5.26 Å². The monoisotopic (exact) mass is 531 g/mol. The van der Waals surface area contributed by atoms with Crippen molar-refractivity contribution in [3.63, 3.8) is 0 Å². The first-order valence-corrected chi connectivity index (χ1v) is 12.5. The maximum atomic E-state index is 14.6. The highest BCUT2D eigenvalue weighted by Crippen LogP contribution is 2.32. The predicted molar refractivity (Wildman–Crippen MR) is 143 cm³/mol. The van der Waals surface area contributed by atoms with Crippen molar-refractivity contribution in [3.05, 3.63) is 105 Å². The highest BCUT2D eigenvalue weighted by molar-refractivity contribution is 6.29. The van der Waals surface area contributed by atoms with Crippen molar-refractivity contribution in [2.45, 2.75) is 26.4 Å². The fourth-order valence-corrected chi connectivity index (χ4v) is 4.96. The summed E-state index contributed by atoms with van der Waals surface area (Å²) in [4.78, 5) is 19.5. The average molecular weight is 532 g/mol. The van der Waals surface area contributed by atoms with E-state index in [4.69, 9.17) is 11.6 Å². The van der Waals surface area contributed by atoms with E-state index in [0.717, 1.165) is 22.4 Å². The molecule has 3 heterocycles. The van der Waals surface area contributed by atoms with E-state index in [-0.39, 0.29) is 24.0 Å². The maximum Gasteiger partial charge on any atom is 0.326 e. The van der Waals surface area contributed by atoms with E-state index in [1.54, 1.807) is 35.9 Å². The molecule has 4 aromatic rings. The lowest BCUT2D eigenvalue weighted by Crippen LogP contribution is -2.34. The number of hydrogen-bond donors (Lipinski definition) is 1. The third kappa shape index (κ3) is 5.17. The quantitative estimate of drug-likeness (QED) is 0.322. The van der Waals surface area contributed by atoms with Crippen LogP contribution in [0.2, 0.25) is 5.15 Å². The molecule has 1 N–H and O–H groups in total. The Morgan fingerprint density at radius 2 is 2.05 bits per heavy atom. The van der Waals surface area contributed by atoms with Crippen LogP contribution in [0, 0.1) is 29.9 Å². The summed E-state index contributed by atoms with van der Waals surface area (Å²) in [6.07, 6.45) is 5.97. The summed E-state index contributed by atoms with van der Waals surface area (Å²) in [6.45, 7) is 3.75. The number of amides is 1. The summed E-state index contributed by atoms with van der Waals surface area (Å²) in [7, 11) is 0. The number of aryl methyl sites for hydroxylation is 1. The van der Waals surface area contributed by atoms with Crippen molar-refractivity contribution in [1.29, 1.82) is 5.26 Å². The zero-order chi connectivity index (χ0) is 26.8. The molecule has 2 aromatic heterocycles. The van der Waals surface area contributed by atoms with Gasteiger partial charge in [-0.05, 0) is 59.5 Å². The van der Waals surface area contributed by atoms with Crippen LogP contribution in [0.5, 0.6) is 0 Å². The smallest absolute Gasteiger partial charge is 0.326 e. The van der Waals surface area contributed by atoms with Crippen molar-refractivity contribution in [2.75, 3.05) is 13.1 Å². The van der Waals surface area contributed by atoms with Crippen LogP contribution in [0.25, 0.3) is 17.0 Å². The van der Waals surface area contributed by atoms with Crippen LogP contribution in [-0.4, -0.2) is 33.6 Å². The first-order chi connectivity index (χ1) is 18.3. The van der Waals surface area contributed by atoms with Crippen LogP contribution in [-0.2, 0) is 19.5 Å². The number of halogens is 3. The minimum Gasteiger partial charge on any atom is -0.333 e. The minimum atomic E-state index is -0.620. The van der Waals surface area contributed by atoms with Gasteiger partial charge in [-0.25, -0.2) is 18.6 Å². The van der Waals surface area contributed by atoms with Crippen LogP contribution in [0.15, 0.2) is 54.7 Å². The zero-order valence-corrected chi connectivity index (χ0v) is 21.4. The molecule has 0 radical (unpaired) electrons. The van der Waals surface area contributed by atoms with Gasteiger partial charge in [0.15, 0.2) is 0 Å². The summed E-state index contributed by atoms with van der Waals surface area (Å²) < 4.78 is 30.1. The Kier molecular flexibility index (Phi) is 7.23. The second-order valence-electron chi connectivity index (χ2n) is 9.26. The van der Waals surface area contributed by atoms with Gasteiger partial charge in [-0.15, -0.1) is 0 Å². The number of pyridine rings is 1. The van der Waals surface area contributed by atoms with Crippen LogP contribution in [0.3, 0.4) is 0 Å². The Morgan fingerprint density at radius 3 is 2.82 bits per heavy atom. The van der Waals surface area contributed by atoms with Gasteiger partial charge in [-0.1, -0.05) is 35.9 Å². The molecule has 1 aliphatic heterocycles. The largest absolute Gasteiger partial charge is 0.333 e. The molecule has 2 aromatic carbocycles. The topological polar surface area (TPSA) is 74.0 Å². The van der Waals surface area contributed by atoms with Crippen molar-refractivity contribution >= 4 is 34.6 Å². The average Bonchev–Trinajstić information content (AvgIpc) is 3.21. The molecule has 0 atom stereocenters. The van der Waals surface area contributed by atoms with Crippen molar-refractivity contribution in [2.24, 2.45) is 0 Å². The first-order valence-electron chi connectivity index (χ1n) is 12.1. The van der Waals surface area contributed by atoms with E-state index in [0.29, 0.717) is 47.7 Å². The molecule has 192 valence electrons. The minimum absolute atomic E-state index is 0.118. The van der Waals surface area contributed by atoms with Gasteiger partial charge in [0.2, 0.25) is 0 Å². The summed E-state index contributed by atoms with van der Waals surface area (Å²) >= 11 is 5.96. The van der Waals surface area contributed by atoms with Crippen molar-refractivity contribution in [1.82, 2.24) is 19.8 Å². The molecule has 0 aliphatic carbocycles. The van der Waals surface area contributed by atoms with Gasteiger partial charge >= 0.3 is 6.03 Å². The Balaban J connectivity index is 1.42. The van der Waals surface area contributed by atoms with Gasteiger partial charge in [0, 0.05) is 49.9 Å². The van der Waals surface area contributed by atoms with E-state index in [2.05, 4.69) is 15.2 Å². The molecular formula is C29H24ClF2N5O. The Bertz CT molecular complexity index is 1620.